The molecule has 0 fully saturated rings. The van der Waals surface area contributed by atoms with Gasteiger partial charge in [0.05, 0.1) is 31.1 Å². The van der Waals surface area contributed by atoms with Crippen LogP contribution in [0.25, 0.3) is 23.0 Å². The number of aromatic nitrogens is 2. The van der Waals surface area contributed by atoms with Crippen LogP contribution in [0.5, 0.6) is 5.75 Å². The molecule has 10 heteroatoms. The Hall–Kier alpha value is -5.01. The summed E-state index contributed by atoms with van der Waals surface area (Å²) >= 11 is 0. The molecule has 220 valence electrons. The molecule has 0 aliphatic carbocycles. The number of esters is 1. The van der Waals surface area contributed by atoms with Crippen LogP contribution < -0.4 is 4.74 Å². The van der Waals surface area contributed by atoms with Gasteiger partial charge in [-0.2, -0.15) is 10.4 Å². The summed E-state index contributed by atoms with van der Waals surface area (Å²) in [4.78, 5) is 38.8. The zero-order valence-electron chi connectivity index (χ0n) is 24.5. The zero-order chi connectivity index (χ0) is 30.7. The van der Waals surface area contributed by atoms with Crippen molar-refractivity contribution in [1.29, 1.82) is 5.26 Å². The number of aryl methyl sites for hydroxylation is 1. The fourth-order valence-corrected chi connectivity index (χ4v) is 5.28. The molecule has 2 aromatic carbocycles. The minimum Gasteiger partial charge on any atom is -0.490 e. The molecule has 3 heterocycles. The predicted molar refractivity (Wildman–Crippen MR) is 158 cm³/mol. The molecule has 0 radical (unpaired) electrons. The number of nitriles is 1. The van der Waals surface area contributed by atoms with E-state index >= 15 is 0 Å². The van der Waals surface area contributed by atoms with E-state index in [4.69, 9.17) is 19.3 Å². The number of hydrogen-bond acceptors (Lipinski definition) is 8. The Labute approximate surface area is 249 Å². The van der Waals surface area contributed by atoms with Crippen molar-refractivity contribution in [3.8, 4) is 28.8 Å². The van der Waals surface area contributed by atoms with Crippen LogP contribution in [0.2, 0.25) is 0 Å². The summed E-state index contributed by atoms with van der Waals surface area (Å²) in [6.07, 6.45) is 4.40. The van der Waals surface area contributed by atoms with E-state index < -0.39 is 17.8 Å². The van der Waals surface area contributed by atoms with Gasteiger partial charge in [-0.15, -0.1) is 0 Å². The summed E-state index contributed by atoms with van der Waals surface area (Å²) in [6, 6.07) is 15.7. The molecule has 2 aliphatic heterocycles. The number of hydrogen-bond donors (Lipinski definition) is 0. The van der Waals surface area contributed by atoms with Crippen LogP contribution in [0.15, 0.2) is 65.4 Å². The third-order valence-corrected chi connectivity index (χ3v) is 7.33. The van der Waals surface area contributed by atoms with E-state index in [9.17, 15) is 19.6 Å². The van der Waals surface area contributed by atoms with Gasteiger partial charge in [-0.05, 0) is 67.8 Å². The van der Waals surface area contributed by atoms with Gasteiger partial charge >= 0.3 is 5.97 Å². The number of carbonyl (C=O) groups is 3. The highest BCUT2D eigenvalue weighted by atomic mass is 16.6. The maximum atomic E-state index is 13.7. The van der Waals surface area contributed by atoms with Crippen LogP contribution in [-0.4, -0.2) is 64.9 Å². The van der Waals surface area contributed by atoms with Gasteiger partial charge in [0.2, 0.25) is 0 Å². The fraction of sp³-hybridized carbons (Fsp3) is 0.303. The van der Waals surface area contributed by atoms with E-state index in [2.05, 4.69) is 6.07 Å². The molecule has 0 bridgehead atoms. The predicted octanol–water partition coefficient (Wildman–Crippen LogP) is 4.34. The number of amides is 2. The number of fused-ring (bicyclic) bond motifs is 1. The Balaban J connectivity index is 1.54. The molecule has 0 saturated heterocycles. The van der Waals surface area contributed by atoms with Gasteiger partial charge in [0.15, 0.2) is 0 Å². The fourth-order valence-electron chi connectivity index (χ4n) is 5.28. The lowest BCUT2D eigenvalue weighted by Gasteiger charge is -2.27. The Morgan fingerprint density at radius 1 is 1.14 bits per heavy atom. The topological polar surface area (TPSA) is 124 Å². The second kappa shape index (κ2) is 12.5. The van der Waals surface area contributed by atoms with Gasteiger partial charge < -0.3 is 14.2 Å². The standard InChI is InChI=1S/C33H32N4O6/c1-20-14-24(16-25-15-21(2)43-31(20)25)30-26(19-37(35-30)27-8-6-5-7-9-27)17-28-22(3)29(18-34)33(40)36(32(28)39)10-11-41-12-13-42-23(4)38/h5-9,14,16-17,19,21H,10-13,15H2,1-4H3/b28-17+. The zero-order valence-corrected chi connectivity index (χ0v) is 24.5. The Morgan fingerprint density at radius 2 is 1.91 bits per heavy atom. The second-order valence-corrected chi connectivity index (χ2v) is 10.5. The van der Waals surface area contributed by atoms with Crippen molar-refractivity contribution in [2.75, 3.05) is 26.4 Å². The van der Waals surface area contributed by atoms with E-state index in [1.807, 2.05) is 62.5 Å². The molecule has 5 rings (SSSR count). The minimum absolute atomic E-state index is 0.0237. The molecule has 2 aliphatic rings. The molecule has 0 spiro atoms. The monoisotopic (exact) mass is 580 g/mol. The first-order valence-electron chi connectivity index (χ1n) is 14.0. The van der Waals surface area contributed by atoms with Crippen molar-refractivity contribution in [3.05, 3.63) is 82.1 Å². The number of rotatable bonds is 9. The molecule has 1 atom stereocenters. The van der Waals surface area contributed by atoms with E-state index in [0.717, 1.165) is 39.4 Å². The average molecular weight is 581 g/mol. The van der Waals surface area contributed by atoms with Gasteiger partial charge in [-0.25, -0.2) is 4.68 Å². The van der Waals surface area contributed by atoms with E-state index in [1.165, 1.54) is 6.92 Å². The quantitative estimate of drug-likeness (QED) is 0.158. The molecule has 1 unspecified atom stereocenters. The molecular weight excluding hydrogens is 548 g/mol. The first-order chi connectivity index (χ1) is 20.7. The highest BCUT2D eigenvalue weighted by molar-refractivity contribution is 6.19. The van der Waals surface area contributed by atoms with Crippen LogP contribution in [0.3, 0.4) is 0 Å². The van der Waals surface area contributed by atoms with E-state index in [-0.39, 0.29) is 43.6 Å². The summed E-state index contributed by atoms with van der Waals surface area (Å²) in [5, 5.41) is 14.8. The summed E-state index contributed by atoms with van der Waals surface area (Å²) < 4.78 is 18.0. The second-order valence-electron chi connectivity index (χ2n) is 10.5. The molecule has 3 aromatic rings. The number of ether oxygens (including phenoxy) is 3. The SMILES string of the molecule is CC(=O)OCCOCCN1C(=O)C(C#N)=C(C)/C(=C\c2cn(-c3ccccc3)nc2-c2cc(C)c3c(c2)CC(C)O3)C1=O. The smallest absolute Gasteiger partial charge is 0.302 e. The number of carbonyl (C=O) groups excluding carboxylic acids is 3. The summed E-state index contributed by atoms with van der Waals surface area (Å²) in [5.41, 5.74) is 5.52. The lowest BCUT2D eigenvalue weighted by molar-refractivity contribution is -0.142. The van der Waals surface area contributed by atoms with Crippen molar-refractivity contribution in [3.63, 3.8) is 0 Å². The first-order valence-corrected chi connectivity index (χ1v) is 14.0. The maximum Gasteiger partial charge on any atom is 0.302 e. The van der Waals surface area contributed by atoms with Crippen LogP contribution in [-0.2, 0) is 30.3 Å². The Kier molecular flexibility index (Phi) is 8.55. The Bertz CT molecular complexity index is 1700. The number of benzene rings is 2. The normalized spacial score (nSPS) is 17.2. The lowest BCUT2D eigenvalue weighted by atomic mass is 9.93. The molecule has 1 aromatic heterocycles. The van der Waals surface area contributed by atoms with Gasteiger partial charge in [-0.3, -0.25) is 19.3 Å². The van der Waals surface area contributed by atoms with E-state index in [0.29, 0.717) is 16.8 Å². The number of nitrogens with zero attached hydrogens (tertiary/aromatic N) is 4. The van der Waals surface area contributed by atoms with Gasteiger partial charge in [0.1, 0.15) is 30.1 Å². The first kappa shape index (κ1) is 29.5. The van der Waals surface area contributed by atoms with Crippen molar-refractivity contribution in [1.82, 2.24) is 14.7 Å². The van der Waals surface area contributed by atoms with Crippen molar-refractivity contribution >= 4 is 23.9 Å². The average Bonchev–Trinajstić information content (AvgIpc) is 3.58. The highest BCUT2D eigenvalue weighted by Gasteiger charge is 2.35. The van der Waals surface area contributed by atoms with Gasteiger partial charge in [0.25, 0.3) is 11.8 Å². The molecule has 10 nitrogen and oxygen atoms in total. The molecule has 2 amide bonds. The van der Waals surface area contributed by atoms with Crippen molar-refractivity contribution in [2.45, 2.75) is 40.2 Å². The Morgan fingerprint density at radius 3 is 2.63 bits per heavy atom. The molecular formula is C33H32N4O6. The van der Waals surface area contributed by atoms with E-state index in [1.54, 1.807) is 17.7 Å². The van der Waals surface area contributed by atoms with Crippen molar-refractivity contribution in [2.24, 2.45) is 0 Å². The maximum absolute atomic E-state index is 13.7. The number of para-hydroxylation sites is 1. The lowest BCUT2D eigenvalue weighted by Crippen LogP contribution is -2.44. The molecule has 0 N–H and O–H groups in total. The van der Waals surface area contributed by atoms with Gasteiger partial charge in [-0.1, -0.05) is 18.2 Å². The van der Waals surface area contributed by atoms with Crippen LogP contribution in [0.4, 0.5) is 0 Å². The van der Waals surface area contributed by atoms with Crippen LogP contribution in [0, 0.1) is 18.3 Å². The minimum atomic E-state index is -0.672. The third kappa shape index (κ3) is 6.12. The summed E-state index contributed by atoms with van der Waals surface area (Å²) in [5.74, 6) is -0.736. The highest BCUT2D eigenvalue weighted by Crippen LogP contribution is 2.38. The molecule has 43 heavy (non-hydrogen) atoms. The van der Waals surface area contributed by atoms with Gasteiger partial charge in [0, 0.05) is 36.2 Å². The molecule has 0 saturated carbocycles. The largest absolute Gasteiger partial charge is 0.490 e. The number of imide groups is 1. The van der Waals surface area contributed by atoms with Crippen LogP contribution >= 0.6 is 0 Å². The van der Waals surface area contributed by atoms with Crippen LogP contribution in [0.1, 0.15) is 37.5 Å². The summed E-state index contributed by atoms with van der Waals surface area (Å²) in [6.45, 7) is 7.08. The third-order valence-electron chi connectivity index (χ3n) is 7.33. The van der Waals surface area contributed by atoms with Crippen molar-refractivity contribution < 1.29 is 28.6 Å². The summed E-state index contributed by atoms with van der Waals surface area (Å²) in [7, 11) is 0.